The van der Waals surface area contributed by atoms with Crippen LogP contribution in [-0.2, 0) is 0 Å². The van der Waals surface area contributed by atoms with Crippen LogP contribution in [0.3, 0.4) is 0 Å². The van der Waals surface area contributed by atoms with Crippen LogP contribution >= 0.6 is 28.3 Å². The van der Waals surface area contributed by atoms with Gasteiger partial charge in [-0.3, -0.25) is 4.79 Å². The van der Waals surface area contributed by atoms with Gasteiger partial charge in [0.2, 0.25) is 0 Å². The Labute approximate surface area is 128 Å². The fourth-order valence-electron chi connectivity index (χ4n) is 2.54. The first-order valence-electron chi connectivity index (χ1n) is 6.26. The molecule has 19 heavy (non-hydrogen) atoms. The van der Waals surface area contributed by atoms with Gasteiger partial charge in [0.15, 0.2) is 0 Å². The molecular formula is C13H19BrClN3O. The first-order chi connectivity index (χ1) is 8.65. The highest BCUT2D eigenvalue weighted by Crippen LogP contribution is 2.25. The zero-order valence-electron chi connectivity index (χ0n) is 10.9. The molecule has 6 heteroatoms. The lowest BCUT2D eigenvalue weighted by atomic mass is 9.90. The molecule has 0 radical (unpaired) electrons. The third-order valence-electron chi connectivity index (χ3n) is 3.58. The number of piperidine rings is 1. The Bertz CT molecular complexity index is 444. The molecule has 0 bridgehead atoms. The molecule has 0 aromatic carbocycles. The van der Waals surface area contributed by atoms with Crippen molar-refractivity contribution >= 4 is 34.2 Å². The van der Waals surface area contributed by atoms with Gasteiger partial charge in [0.05, 0.1) is 0 Å². The van der Waals surface area contributed by atoms with Crippen molar-refractivity contribution in [2.24, 2.45) is 11.7 Å². The van der Waals surface area contributed by atoms with Gasteiger partial charge < -0.3 is 10.6 Å². The Morgan fingerprint density at radius 3 is 3.00 bits per heavy atom. The van der Waals surface area contributed by atoms with Crippen molar-refractivity contribution in [3.05, 3.63) is 28.5 Å². The molecule has 2 rings (SSSR count). The minimum atomic E-state index is -0.0236. The number of likely N-dealkylation sites (tertiary alicyclic amines) is 1. The summed E-state index contributed by atoms with van der Waals surface area (Å²) >= 11 is 3.38. The largest absolute Gasteiger partial charge is 0.333 e. The van der Waals surface area contributed by atoms with Crippen LogP contribution in [0.4, 0.5) is 0 Å². The number of aromatic nitrogens is 1. The summed E-state index contributed by atoms with van der Waals surface area (Å²) in [5.41, 5.74) is 6.29. The molecular weight excluding hydrogens is 330 g/mol. The van der Waals surface area contributed by atoms with Crippen LogP contribution < -0.4 is 5.73 Å². The van der Waals surface area contributed by atoms with Crippen molar-refractivity contribution in [3.8, 4) is 0 Å². The molecule has 1 aromatic heterocycles. The van der Waals surface area contributed by atoms with E-state index in [9.17, 15) is 4.79 Å². The predicted octanol–water partition coefficient (Wildman–Crippen LogP) is 2.47. The second kappa shape index (κ2) is 7.22. The van der Waals surface area contributed by atoms with Crippen molar-refractivity contribution in [2.75, 3.05) is 13.1 Å². The number of nitrogens with zero attached hydrogens (tertiary/aromatic N) is 2. The van der Waals surface area contributed by atoms with Crippen LogP contribution in [0.2, 0.25) is 0 Å². The highest BCUT2D eigenvalue weighted by molar-refractivity contribution is 9.10. The van der Waals surface area contributed by atoms with Gasteiger partial charge in [-0.25, -0.2) is 4.98 Å². The van der Waals surface area contributed by atoms with Crippen molar-refractivity contribution in [1.29, 1.82) is 0 Å². The normalized spacial score (nSPS) is 22.8. The van der Waals surface area contributed by atoms with E-state index in [0.29, 0.717) is 18.2 Å². The van der Waals surface area contributed by atoms with E-state index in [1.807, 2.05) is 11.0 Å². The average molecular weight is 349 g/mol. The van der Waals surface area contributed by atoms with Crippen molar-refractivity contribution in [1.82, 2.24) is 9.88 Å². The summed E-state index contributed by atoms with van der Waals surface area (Å²) in [5, 5.41) is 0. The summed E-state index contributed by atoms with van der Waals surface area (Å²) in [6, 6.07) is 3.77. The van der Waals surface area contributed by atoms with Crippen molar-refractivity contribution < 1.29 is 4.79 Å². The van der Waals surface area contributed by atoms with E-state index < -0.39 is 0 Å². The summed E-state index contributed by atoms with van der Waals surface area (Å²) < 4.78 is 0.740. The molecule has 1 aromatic rings. The lowest BCUT2D eigenvalue weighted by Crippen LogP contribution is -2.51. The number of carbonyl (C=O) groups excluding carboxylic acids is 1. The van der Waals surface area contributed by atoms with Crippen molar-refractivity contribution in [3.63, 3.8) is 0 Å². The Hall–Kier alpha value is -0.650. The number of pyridine rings is 1. The molecule has 2 N–H and O–H groups in total. The maximum atomic E-state index is 12.5. The van der Waals surface area contributed by atoms with Gasteiger partial charge in [0, 0.05) is 29.8 Å². The maximum absolute atomic E-state index is 12.5. The monoisotopic (exact) mass is 347 g/mol. The van der Waals surface area contributed by atoms with E-state index in [-0.39, 0.29) is 24.4 Å². The first-order valence-corrected chi connectivity index (χ1v) is 7.06. The number of hydrogen-bond acceptors (Lipinski definition) is 3. The first kappa shape index (κ1) is 16.4. The minimum Gasteiger partial charge on any atom is -0.333 e. The topological polar surface area (TPSA) is 59.2 Å². The average Bonchev–Trinajstić information content (AvgIpc) is 2.38. The quantitative estimate of drug-likeness (QED) is 0.893. The van der Waals surface area contributed by atoms with Gasteiger partial charge in [0.1, 0.15) is 5.69 Å². The molecule has 1 fully saturated rings. The van der Waals surface area contributed by atoms with Gasteiger partial charge in [-0.05, 0) is 46.8 Å². The third-order valence-corrected chi connectivity index (χ3v) is 4.22. The molecule has 4 nitrogen and oxygen atoms in total. The van der Waals surface area contributed by atoms with E-state index in [1.165, 1.54) is 0 Å². The fraction of sp³-hybridized carbons (Fsp3) is 0.538. The molecule has 0 saturated carbocycles. The number of carbonyl (C=O) groups is 1. The Kier molecular flexibility index (Phi) is 6.23. The second-order valence-electron chi connectivity index (χ2n) is 4.75. The predicted molar refractivity (Wildman–Crippen MR) is 81.5 cm³/mol. The molecule has 1 saturated heterocycles. The second-order valence-corrected chi connectivity index (χ2v) is 5.61. The molecule has 0 spiro atoms. The van der Waals surface area contributed by atoms with Crippen LogP contribution in [0.5, 0.6) is 0 Å². The molecule has 1 amide bonds. The Balaban J connectivity index is 0.00000180. The number of halogens is 2. The van der Waals surface area contributed by atoms with Gasteiger partial charge in [0.25, 0.3) is 5.91 Å². The summed E-state index contributed by atoms with van der Waals surface area (Å²) in [6.07, 6.45) is 3.81. The summed E-state index contributed by atoms with van der Waals surface area (Å²) in [6.45, 7) is 3.44. The van der Waals surface area contributed by atoms with E-state index in [2.05, 4.69) is 27.8 Å². The van der Waals surface area contributed by atoms with Gasteiger partial charge in [-0.2, -0.15) is 0 Å². The standard InChI is InChI=1S/C13H18BrN3O.ClH/c1-9-4-3-7-17(11(9)8-15)13(18)12-10(14)5-2-6-16-12;/h2,5-6,9,11H,3-4,7-8,15H2,1H3;1H. The van der Waals surface area contributed by atoms with Crippen LogP contribution in [-0.4, -0.2) is 34.9 Å². The number of rotatable bonds is 2. The van der Waals surface area contributed by atoms with Crippen LogP contribution in [0, 0.1) is 5.92 Å². The Morgan fingerprint density at radius 1 is 1.63 bits per heavy atom. The number of nitrogens with two attached hydrogens (primary N) is 1. The van der Waals surface area contributed by atoms with E-state index in [0.717, 1.165) is 23.9 Å². The summed E-state index contributed by atoms with van der Waals surface area (Å²) in [5.74, 6) is 0.430. The molecule has 2 unspecified atom stereocenters. The van der Waals surface area contributed by atoms with E-state index in [4.69, 9.17) is 5.73 Å². The minimum absolute atomic E-state index is 0. The van der Waals surface area contributed by atoms with Crippen LogP contribution in [0.15, 0.2) is 22.8 Å². The summed E-state index contributed by atoms with van der Waals surface area (Å²) in [7, 11) is 0. The molecule has 2 heterocycles. The lowest BCUT2D eigenvalue weighted by molar-refractivity contribution is 0.0525. The Morgan fingerprint density at radius 2 is 2.37 bits per heavy atom. The van der Waals surface area contributed by atoms with Crippen LogP contribution in [0.1, 0.15) is 30.3 Å². The third kappa shape index (κ3) is 3.46. The smallest absolute Gasteiger partial charge is 0.273 e. The molecule has 106 valence electrons. The number of hydrogen-bond donors (Lipinski definition) is 1. The SMILES string of the molecule is CC1CCCN(C(=O)c2ncccc2Br)C1CN.Cl. The molecule has 0 aliphatic carbocycles. The zero-order valence-corrected chi connectivity index (χ0v) is 13.3. The lowest BCUT2D eigenvalue weighted by Gasteiger charge is -2.39. The molecule has 2 atom stereocenters. The van der Waals surface area contributed by atoms with E-state index >= 15 is 0 Å². The zero-order chi connectivity index (χ0) is 13.1. The highest BCUT2D eigenvalue weighted by atomic mass is 79.9. The molecule has 1 aliphatic rings. The van der Waals surface area contributed by atoms with Gasteiger partial charge >= 0.3 is 0 Å². The fourth-order valence-corrected chi connectivity index (χ4v) is 2.96. The van der Waals surface area contributed by atoms with Gasteiger partial charge in [-0.1, -0.05) is 6.92 Å². The van der Waals surface area contributed by atoms with Crippen LogP contribution in [0.25, 0.3) is 0 Å². The highest BCUT2D eigenvalue weighted by Gasteiger charge is 2.32. The summed E-state index contributed by atoms with van der Waals surface area (Å²) in [4.78, 5) is 18.6. The number of amides is 1. The molecule has 1 aliphatic heterocycles. The van der Waals surface area contributed by atoms with Gasteiger partial charge in [-0.15, -0.1) is 12.4 Å². The maximum Gasteiger partial charge on any atom is 0.273 e. The van der Waals surface area contributed by atoms with Crippen molar-refractivity contribution in [2.45, 2.75) is 25.8 Å². The van der Waals surface area contributed by atoms with E-state index in [1.54, 1.807) is 12.3 Å².